The molecule has 2 aromatic rings. The molecule has 1 N–H and O–H groups in total. The van der Waals surface area contributed by atoms with Crippen LogP contribution in [0.1, 0.15) is 22.3 Å². The van der Waals surface area contributed by atoms with Gasteiger partial charge in [-0.2, -0.15) is 5.26 Å². The number of nitrogens with one attached hydrogen (secondary N) is 1. The molecule has 1 heterocycles. The lowest BCUT2D eigenvalue weighted by atomic mass is 10.00. The molecule has 1 amide bonds. The Balaban J connectivity index is 1.46. The van der Waals surface area contributed by atoms with Gasteiger partial charge in [0.05, 0.1) is 11.6 Å². The Hall–Kier alpha value is -2.90. The third kappa shape index (κ3) is 4.56. The zero-order valence-electron chi connectivity index (χ0n) is 14.1. The number of nitriles is 1. The summed E-state index contributed by atoms with van der Waals surface area (Å²) in [5.74, 6) is -0.134. The number of benzene rings is 2. The fourth-order valence-electron chi connectivity index (χ4n) is 3.05. The summed E-state index contributed by atoms with van der Waals surface area (Å²) in [5.41, 5.74) is 4.14. The lowest BCUT2D eigenvalue weighted by molar-refractivity contribution is -0.116. The van der Waals surface area contributed by atoms with Crippen LogP contribution in [0.2, 0.25) is 0 Å². The quantitative estimate of drug-likeness (QED) is 0.857. The summed E-state index contributed by atoms with van der Waals surface area (Å²) in [6.07, 6.45) is 4.24. The minimum Gasteiger partial charge on any atom is -0.351 e. The molecular formula is C21H21N3O. The number of rotatable bonds is 5. The zero-order chi connectivity index (χ0) is 17.5. The molecule has 4 nitrogen and oxygen atoms in total. The van der Waals surface area contributed by atoms with E-state index >= 15 is 0 Å². The van der Waals surface area contributed by atoms with E-state index in [2.05, 4.69) is 40.6 Å². The Morgan fingerprint density at radius 1 is 1.16 bits per heavy atom. The SMILES string of the molecule is N#Cc1ccccc1/C=C/C(=O)NCCN1CCc2ccccc2C1. The van der Waals surface area contributed by atoms with Gasteiger partial charge in [0.15, 0.2) is 0 Å². The van der Waals surface area contributed by atoms with Crippen molar-refractivity contribution in [2.45, 2.75) is 13.0 Å². The minimum absolute atomic E-state index is 0.134. The predicted octanol–water partition coefficient (Wildman–Crippen LogP) is 2.75. The van der Waals surface area contributed by atoms with E-state index in [1.54, 1.807) is 12.1 Å². The average molecular weight is 331 g/mol. The van der Waals surface area contributed by atoms with Crippen molar-refractivity contribution >= 4 is 12.0 Å². The molecule has 0 unspecified atom stereocenters. The molecule has 25 heavy (non-hydrogen) atoms. The van der Waals surface area contributed by atoms with Gasteiger partial charge >= 0.3 is 0 Å². The molecule has 0 spiro atoms. The number of hydrogen-bond acceptors (Lipinski definition) is 3. The first-order valence-electron chi connectivity index (χ1n) is 8.50. The maximum Gasteiger partial charge on any atom is 0.244 e. The van der Waals surface area contributed by atoms with Crippen molar-refractivity contribution in [3.05, 3.63) is 76.9 Å². The first-order valence-corrected chi connectivity index (χ1v) is 8.50. The normalized spacial score (nSPS) is 14.0. The molecule has 1 aliphatic heterocycles. The van der Waals surface area contributed by atoms with Crippen LogP contribution in [0.25, 0.3) is 6.08 Å². The van der Waals surface area contributed by atoms with Crippen LogP contribution in [-0.2, 0) is 17.8 Å². The van der Waals surface area contributed by atoms with E-state index in [0.717, 1.165) is 31.6 Å². The van der Waals surface area contributed by atoms with E-state index < -0.39 is 0 Å². The fraction of sp³-hybridized carbons (Fsp3) is 0.238. The first-order chi connectivity index (χ1) is 12.3. The summed E-state index contributed by atoms with van der Waals surface area (Å²) in [4.78, 5) is 14.3. The molecule has 4 heteroatoms. The highest BCUT2D eigenvalue weighted by Gasteiger charge is 2.14. The summed E-state index contributed by atoms with van der Waals surface area (Å²) < 4.78 is 0. The second kappa shape index (κ2) is 8.27. The van der Waals surface area contributed by atoms with Gasteiger partial charge in [-0.25, -0.2) is 0 Å². The number of fused-ring (bicyclic) bond motifs is 1. The van der Waals surface area contributed by atoms with Crippen molar-refractivity contribution in [2.24, 2.45) is 0 Å². The Morgan fingerprint density at radius 2 is 1.92 bits per heavy atom. The number of hydrogen-bond donors (Lipinski definition) is 1. The molecular weight excluding hydrogens is 310 g/mol. The molecule has 0 atom stereocenters. The third-order valence-electron chi connectivity index (χ3n) is 4.43. The molecule has 0 radical (unpaired) electrons. The number of carbonyl (C=O) groups excluding carboxylic acids is 1. The summed E-state index contributed by atoms with van der Waals surface area (Å²) >= 11 is 0. The molecule has 3 rings (SSSR count). The molecule has 2 aromatic carbocycles. The summed E-state index contributed by atoms with van der Waals surface area (Å²) in [5, 5.41) is 12.0. The lowest BCUT2D eigenvalue weighted by Crippen LogP contribution is -2.37. The van der Waals surface area contributed by atoms with Crippen molar-refractivity contribution < 1.29 is 4.79 Å². The van der Waals surface area contributed by atoms with Crippen LogP contribution in [0.4, 0.5) is 0 Å². The lowest BCUT2D eigenvalue weighted by Gasteiger charge is -2.28. The molecule has 126 valence electrons. The van der Waals surface area contributed by atoms with Gasteiger partial charge in [0.1, 0.15) is 0 Å². The highest BCUT2D eigenvalue weighted by Crippen LogP contribution is 2.17. The van der Waals surface area contributed by atoms with Crippen LogP contribution in [-0.4, -0.2) is 30.4 Å². The Kier molecular flexibility index (Phi) is 5.61. The Morgan fingerprint density at radius 3 is 2.76 bits per heavy atom. The van der Waals surface area contributed by atoms with Crippen molar-refractivity contribution in [1.82, 2.24) is 10.2 Å². The summed E-state index contributed by atoms with van der Waals surface area (Å²) in [6, 6.07) is 17.9. The highest BCUT2D eigenvalue weighted by molar-refractivity contribution is 5.92. The van der Waals surface area contributed by atoms with Crippen molar-refractivity contribution in [1.29, 1.82) is 5.26 Å². The van der Waals surface area contributed by atoms with Gasteiger partial charge in [-0.15, -0.1) is 0 Å². The van der Waals surface area contributed by atoms with Crippen LogP contribution in [0, 0.1) is 11.3 Å². The first kappa shape index (κ1) is 16.9. The van der Waals surface area contributed by atoms with Gasteiger partial charge in [-0.3, -0.25) is 9.69 Å². The van der Waals surface area contributed by atoms with Crippen LogP contribution in [0.3, 0.4) is 0 Å². The summed E-state index contributed by atoms with van der Waals surface area (Å²) in [6.45, 7) is 3.42. The average Bonchev–Trinajstić information content (AvgIpc) is 2.66. The van der Waals surface area contributed by atoms with Crippen LogP contribution in [0.15, 0.2) is 54.6 Å². The van der Waals surface area contributed by atoms with E-state index in [9.17, 15) is 4.79 Å². The summed E-state index contributed by atoms with van der Waals surface area (Å²) in [7, 11) is 0. The van der Waals surface area contributed by atoms with Gasteiger partial charge in [0.25, 0.3) is 0 Å². The van der Waals surface area contributed by atoms with Crippen molar-refractivity contribution in [3.63, 3.8) is 0 Å². The van der Waals surface area contributed by atoms with Crippen molar-refractivity contribution in [2.75, 3.05) is 19.6 Å². The van der Waals surface area contributed by atoms with E-state index in [-0.39, 0.29) is 5.91 Å². The van der Waals surface area contributed by atoms with E-state index in [1.807, 2.05) is 18.2 Å². The van der Waals surface area contributed by atoms with Crippen LogP contribution >= 0.6 is 0 Å². The number of amides is 1. The second-order valence-electron chi connectivity index (χ2n) is 6.12. The maximum absolute atomic E-state index is 12.0. The number of nitrogens with zero attached hydrogens (tertiary/aromatic N) is 2. The standard InChI is InChI=1S/C21H21N3O/c22-15-19-7-3-1-5-17(19)9-10-21(25)23-12-14-24-13-11-18-6-2-4-8-20(18)16-24/h1-10H,11-14,16H2,(H,23,25)/b10-9+. The Bertz CT molecular complexity index is 820. The maximum atomic E-state index is 12.0. The number of carbonyl (C=O) groups is 1. The highest BCUT2D eigenvalue weighted by atomic mass is 16.1. The molecule has 0 saturated heterocycles. The Labute approximate surface area is 148 Å². The van der Waals surface area contributed by atoms with E-state index in [1.165, 1.54) is 17.2 Å². The largest absolute Gasteiger partial charge is 0.351 e. The van der Waals surface area contributed by atoms with Crippen LogP contribution < -0.4 is 5.32 Å². The van der Waals surface area contributed by atoms with E-state index in [0.29, 0.717) is 12.1 Å². The van der Waals surface area contributed by atoms with Gasteiger partial charge in [-0.1, -0.05) is 42.5 Å². The van der Waals surface area contributed by atoms with Gasteiger partial charge < -0.3 is 5.32 Å². The fourth-order valence-corrected chi connectivity index (χ4v) is 3.05. The topological polar surface area (TPSA) is 56.1 Å². The molecule has 0 fully saturated rings. The molecule has 0 saturated carbocycles. The van der Waals surface area contributed by atoms with Gasteiger partial charge in [-0.05, 0) is 35.3 Å². The van der Waals surface area contributed by atoms with Gasteiger partial charge in [0, 0.05) is 32.3 Å². The second-order valence-corrected chi connectivity index (χ2v) is 6.12. The molecule has 0 aliphatic carbocycles. The van der Waals surface area contributed by atoms with E-state index in [4.69, 9.17) is 5.26 Å². The van der Waals surface area contributed by atoms with Crippen LogP contribution in [0.5, 0.6) is 0 Å². The minimum atomic E-state index is -0.134. The molecule has 0 bridgehead atoms. The monoisotopic (exact) mass is 331 g/mol. The zero-order valence-corrected chi connectivity index (χ0v) is 14.1. The van der Waals surface area contributed by atoms with Gasteiger partial charge in [0.2, 0.25) is 5.91 Å². The molecule has 1 aliphatic rings. The molecule has 0 aromatic heterocycles. The smallest absolute Gasteiger partial charge is 0.244 e. The predicted molar refractivity (Wildman–Crippen MR) is 98.6 cm³/mol. The third-order valence-corrected chi connectivity index (χ3v) is 4.43. The van der Waals surface area contributed by atoms with Crippen molar-refractivity contribution in [3.8, 4) is 6.07 Å².